The molecule has 6 nitrogen and oxygen atoms in total. The van der Waals surface area contributed by atoms with Crippen LogP contribution in [0.4, 0.5) is 0 Å². The third-order valence-electron chi connectivity index (χ3n) is 5.48. The Bertz CT molecular complexity index is 1120. The average Bonchev–Trinajstić information content (AvgIpc) is 3.22. The van der Waals surface area contributed by atoms with Gasteiger partial charge in [-0.2, -0.15) is 0 Å². The highest BCUT2D eigenvalue weighted by atomic mass is 35.5. The third kappa shape index (κ3) is 6.67. The molecule has 2 aromatic rings. The molecule has 2 amide bonds. The molecular formula is C26H31ClN4O2S. The van der Waals surface area contributed by atoms with Gasteiger partial charge in [-0.15, -0.1) is 11.3 Å². The summed E-state index contributed by atoms with van der Waals surface area (Å²) in [6, 6.07) is 13.7. The van der Waals surface area contributed by atoms with Crippen LogP contribution in [0.3, 0.4) is 0 Å². The number of nitrogens with zero attached hydrogens (tertiary/aromatic N) is 1. The topological polar surface area (TPSA) is 87.5 Å². The molecule has 1 aliphatic rings. The largest absolute Gasteiger partial charge is 0.332 e. The van der Waals surface area contributed by atoms with Crippen molar-refractivity contribution in [3.63, 3.8) is 0 Å². The zero-order chi connectivity index (χ0) is 24.9. The molecule has 0 saturated heterocycles. The first-order chi connectivity index (χ1) is 16.1. The fraction of sp³-hybridized carbons (Fsp3) is 0.308. The Morgan fingerprint density at radius 2 is 2.00 bits per heavy atom. The fourth-order valence-corrected chi connectivity index (χ4v) is 4.61. The standard InChI is InChI=1S/C26H31ClN4O2S/c1-17(22-13-19(14-30-24(22)32)18-8-6-5-7-9-18)12-20(31(28)25(33)26(2,3)4)15-29-16-21-10-11-23(27)34-21/h5-12,14,22,29H,1,13,15-16,28H2,2-4H3,(H,30,32)/b20-12-. The summed E-state index contributed by atoms with van der Waals surface area (Å²) in [6.45, 7) is 10.5. The molecule has 0 bridgehead atoms. The van der Waals surface area contributed by atoms with Crippen molar-refractivity contribution in [3.8, 4) is 0 Å². The van der Waals surface area contributed by atoms with E-state index in [1.54, 1.807) is 12.3 Å². The van der Waals surface area contributed by atoms with Crippen molar-refractivity contribution in [2.75, 3.05) is 6.54 Å². The highest BCUT2D eigenvalue weighted by Crippen LogP contribution is 2.30. The van der Waals surface area contributed by atoms with Crippen molar-refractivity contribution >= 4 is 40.3 Å². The van der Waals surface area contributed by atoms with Gasteiger partial charge in [0.1, 0.15) is 0 Å². The van der Waals surface area contributed by atoms with Crippen molar-refractivity contribution in [2.45, 2.75) is 33.7 Å². The number of benzene rings is 1. The summed E-state index contributed by atoms with van der Waals surface area (Å²) >= 11 is 7.51. The Balaban J connectivity index is 1.80. The normalized spacial score (nSPS) is 16.6. The molecule has 0 saturated carbocycles. The van der Waals surface area contributed by atoms with Crippen LogP contribution in [-0.2, 0) is 16.1 Å². The van der Waals surface area contributed by atoms with E-state index in [1.807, 2.05) is 63.2 Å². The molecule has 34 heavy (non-hydrogen) atoms. The minimum atomic E-state index is -0.665. The SMILES string of the molecule is C=C(/C=C(/CNCc1ccc(Cl)s1)N(N)C(=O)C(C)(C)C)C1CC(c2ccccc2)=CNC1=O. The predicted molar refractivity (Wildman–Crippen MR) is 139 cm³/mol. The minimum absolute atomic E-state index is 0.132. The maximum atomic E-state index is 12.9. The van der Waals surface area contributed by atoms with Gasteiger partial charge in [0.05, 0.1) is 16.0 Å². The summed E-state index contributed by atoms with van der Waals surface area (Å²) in [5.41, 5.74) is 2.53. The summed E-state index contributed by atoms with van der Waals surface area (Å²) in [6.07, 6.45) is 4.01. The van der Waals surface area contributed by atoms with E-state index in [2.05, 4.69) is 17.2 Å². The number of thiophene rings is 1. The van der Waals surface area contributed by atoms with Gasteiger partial charge in [-0.05, 0) is 41.3 Å². The second-order valence-corrected chi connectivity index (χ2v) is 11.0. The molecule has 1 aromatic carbocycles. The second kappa shape index (κ2) is 11.1. The number of carbonyl (C=O) groups excluding carboxylic acids is 2. The van der Waals surface area contributed by atoms with Gasteiger partial charge < -0.3 is 10.6 Å². The Labute approximate surface area is 210 Å². The first-order valence-electron chi connectivity index (χ1n) is 11.0. The average molecular weight is 499 g/mol. The maximum Gasteiger partial charge on any atom is 0.246 e. The second-order valence-electron chi connectivity index (χ2n) is 9.25. The first kappa shape index (κ1) is 25.9. The number of carbonyl (C=O) groups is 2. The molecule has 0 spiro atoms. The monoisotopic (exact) mass is 498 g/mol. The highest BCUT2D eigenvalue weighted by Gasteiger charge is 2.30. The number of rotatable bonds is 8. The summed E-state index contributed by atoms with van der Waals surface area (Å²) in [4.78, 5) is 26.6. The van der Waals surface area contributed by atoms with E-state index >= 15 is 0 Å². The molecule has 0 radical (unpaired) electrons. The van der Waals surface area contributed by atoms with Crippen molar-refractivity contribution in [1.82, 2.24) is 15.6 Å². The number of halogens is 1. The number of hydrazine groups is 1. The lowest BCUT2D eigenvalue weighted by Crippen LogP contribution is -2.45. The minimum Gasteiger partial charge on any atom is -0.332 e. The van der Waals surface area contributed by atoms with Crippen LogP contribution in [0.5, 0.6) is 0 Å². The van der Waals surface area contributed by atoms with Crippen molar-refractivity contribution < 1.29 is 9.59 Å². The predicted octanol–water partition coefficient (Wildman–Crippen LogP) is 4.86. The molecule has 1 aliphatic heterocycles. The van der Waals surface area contributed by atoms with Crippen LogP contribution in [0.2, 0.25) is 4.34 Å². The molecule has 4 N–H and O–H groups in total. The molecular weight excluding hydrogens is 468 g/mol. The number of hydrogen-bond donors (Lipinski definition) is 3. The number of hydrogen-bond acceptors (Lipinski definition) is 5. The van der Waals surface area contributed by atoms with Gasteiger partial charge in [-0.3, -0.25) is 14.6 Å². The van der Waals surface area contributed by atoms with E-state index < -0.39 is 11.3 Å². The summed E-state index contributed by atoms with van der Waals surface area (Å²) in [5.74, 6) is 5.43. The number of nitrogens with one attached hydrogen (secondary N) is 2. The molecule has 1 atom stereocenters. The molecule has 3 rings (SSSR count). The van der Waals surface area contributed by atoms with Crippen LogP contribution in [-0.4, -0.2) is 23.4 Å². The van der Waals surface area contributed by atoms with Crippen LogP contribution in [0, 0.1) is 11.3 Å². The molecule has 1 aromatic heterocycles. The smallest absolute Gasteiger partial charge is 0.246 e. The van der Waals surface area contributed by atoms with E-state index in [4.69, 9.17) is 17.4 Å². The third-order valence-corrected chi connectivity index (χ3v) is 6.71. The lowest BCUT2D eigenvalue weighted by molar-refractivity contribution is -0.137. The van der Waals surface area contributed by atoms with Gasteiger partial charge in [0.2, 0.25) is 11.8 Å². The van der Waals surface area contributed by atoms with Crippen LogP contribution in [0.25, 0.3) is 5.57 Å². The first-order valence-corrected chi connectivity index (χ1v) is 12.2. The van der Waals surface area contributed by atoms with Gasteiger partial charge in [0, 0.05) is 29.6 Å². The Morgan fingerprint density at radius 1 is 1.29 bits per heavy atom. The van der Waals surface area contributed by atoms with Crippen molar-refractivity contribution in [2.24, 2.45) is 17.2 Å². The van der Waals surface area contributed by atoms with E-state index in [1.165, 1.54) is 11.3 Å². The van der Waals surface area contributed by atoms with Crippen LogP contribution in [0.15, 0.2) is 72.6 Å². The zero-order valence-electron chi connectivity index (χ0n) is 19.7. The van der Waals surface area contributed by atoms with Gasteiger partial charge in [0.15, 0.2) is 0 Å². The number of allylic oxidation sites excluding steroid dienone is 2. The fourth-order valence-electron chi connectivity index (χ4n) is 3.56. The van der Waals surface area contributed by atoms with E-state index in [9.17, 15) is 9.59 Å². The van der Waals surface area contributed by atoms with Gasteiger partial charge in [-0.1, -0.05) is 69.3 Å². The number of nitrogens with two attached hydrogens (primary N) is 1. The molecule has 8 heteroatoms. The van der Waals surface area contributed by atoms with Crippen molar-refractivity contribution in [1.29, 1.82) is 0 Å². The van der Waals surface area contributed by atoms with Crippen LogP contribution >= 0.6 is 22.9 Å². The summed E-state index contributed by atoms with van der Waals surface area (Å²) in [5, 5.41) is 7.32. The Hall–Kier alpha value is -2.71. The molecule has 2 heterocycles. The quantitative estimate of drug-likeness (QED) is 0.210. The summed E-state index contributed by atoms with van der Waals surface area (Å²) in [7, 11) is 0. The van der Waals surface area contributed by atoms with Gasteiger partial charge >= 0.3 is 0 Å². The maximum absolute atomic E-state index is 12.9. The van der Waals surface area contributed by atoms with E-state index in [-0.39, 0.29) is 11.8 Å². The number of amides is 2. The lowest BCUT2D eigenvalue weighted by atomic mass is 9.86. The zero-order valence-corrected chi connectivity index (χ0v) is 21.3. The van der Waals surface area contributed by atoms with Crippen LogP contribution < -0.4 is 16.5 Å². The lowest BCUT2D eigenvalue weighted by Gasteiger charge is -2.29. The Morgan fingerprint density at radius 3 is 2.62 bits per heavy atom. The summed E-state index contributed by atoms with van der Waals surface area (Å²) < 4.78 is 0.717. The van der Waals surface area contributed by atoms with E-state index in [0.717, 1.165) is 25.4 Å². The molecule has 1 unspecified atom stereocenters. The molecule has 0 fully saturated rings. The van der Waals surface area contributed by atoms with Crippen molar-refractivity contribution in [3.05, 3.63) is 87.4 Å². The van der Waals surface area contributed by atoms with E-state index in [0.29, 0.717) is 30.8 Å². The van der Waals surface area contributed by atoms with Gasteiger partial charge in [-0.25, -0.2) is 5.84 Å². The highest BCUT2D eigenvalue weighted by molar-refractivity contribution is 7.16. The molecule has 180 valence electrons. The Kier molecular flexibility index (Phi) is 8.49. The van der Waals surface area contributed by atoms with Crippen LogP contribution in [0.1, 0.15) is 37.6 Å². The molecule has 0 aliphatic carbocycles. The van der Waals surface area contributed by atoms with Gasteiger partial charge in [0.25, 0.3) is 0 Å².